The number of rotatable bonds is 3. The predicted molar refractivity (Wildman–Crippen MR) is 74.8 cm³/mol. The maximum atomic E-state index is 11.6. The summed E-state index contributed by atoms with van der Waals surface area (Å²) >= 11 is 0. The molecule has 0 bridgehead atoms. The largest absolute Gasteiger partial charge is 0.363 e. The molecule has 3 rings (SSSR count). The Kier molecular flexibility index (Phi) is 2.80. The van der Waals surface area contributed by atoms with E-state index in [1.54, 1.807) is 6.20 Å². The first-order chi connectivity index (χ1) is 9.41. The second kappa shape index (κ2) is 4.28. The molecular formula is C10H15N7O2S. The van der Waals surface area contributed by atoms with Gasteiger partial charge in [0.25, 0.3) is 0 Å². The summed E-state index contributed by atoms with van der Waals surface area (Å²) < 4.78 is 23.3. The second-order valence-corrected chi connectivity index (χ2v) is 7.38. The van der Waals surface area contributed by atoms with Crippen molar-refractivity contribution in [1.29, 1.82) is 0 Å². The molecule has 1 unspecified atom stereocenters. The van der Waals surface area contributed by atoms with Gasteiger partial charge in [-0.1, -0.05) is 0 Å². The van der Waals surface area contributed by atoms with Crippen LogP contribution in [0.25, 0.3) is 11.0 Å². The number of hydrogen-bond donors (Lipinski definition) is 4. The molecule has 1 fully saturated rings. The minimum atomic E-state index is -3.00. The number of aromatic nitrogens is 4. The first-order valence-electron chi connectivity index (χ1n) is 6.07. The van der Waals surface area contributed by atoms with Gasteiger partial charge in [-0.3, -0.25) is 10.5 Å². The molecule has 0 aromatic carbocycles. The van der Waals surface area contributed by atoms with Gasteiger partial charge in [-0.25, -0.2) is 14.3 Å². The van der Waals surface area contributed by atoms with Gasteiger partial charge in [0.05, 0.1) is 28.6 Å². The maximum Gasteiger partial charge on any atom is 0.241 e. The fourth-order valence-corrected chi connectivity index (χ4v) is 4.48. The number of nitrogen functional groups attached to an aromatic ring is 1. The third kappa shape index (κ3) is 2.27. The van der Waals surface area contributed by atoms with E-state index in [9.17, 15) is 8.42 Å². The normalized spacial score (nSPS) is 24.9. The smallest absolute Gasteiger partial charge is 0.241 e. The van der Waals surface area contributed by atoms with Crippen molar-refractivity contribution >= 4 is 32.6 Å². The Hall–Kier alpha value is -1.94. The number of H-pyrrole nitrogens is 1. The number of sulfone groups is 1. The van der Waals surface area contributed by atoms with Crippen LogP contribution in [0.3, 0.4) is 0 Å². The van der Waals surface area contributed by atoms with Crippen molar-refractivity contribution in [3.63, 3.8) is 0 Å². The van der Waals surface area contributed by atoms with Crippen LogP contribution in [0.15, 0.2) is 6.20 Å². The Bertz CT molecular complexity index is 756. The number of nitrogens with one attached hydrogen (secondary N) is 3. The highest BCUT2D eigenvalue weighted by Gasteiger charge is 2.39. The van der Waals surface area contributed by atoms with Crippen LogP contribution < -0.4 is 16.6 Å². The van der Waals surface area contributed by atoms with E-state index >= 15 is 0 Å². The Morgan fingerprint density at radius 2 is 2.25 bits per heavy atom. The van der Waals surface area contributed by atoms with Crippen LogP contribution in [0.2, 0.25) is 0 Å². The highest BCUT2D eigenvalue weighted by Crippen LogP contribution is 2.29. The fourth-order valence-electron chi connectivity index (χ4n) is 2.39. The topological polar surface area (TPSA) is 139 Å². The Labute approximate surface area is 115 Å². The van der Waals surface area contributed by atoms with Crippen LogP contribution in [-0.4, -0.2) is 45.6 Å². The quantitative estimate of drug-likeness (QED) is 0.444. The zero-order chi connectivity index (χ0) is 14.4. The van der Waals surface area contributed by atoms with Gasteiger partial charge in [-0.05, 0) is 13.3 Å². The van der Waals surface area contributed by atoms with E-state index in [0.29, 0.717) is 23.3 Å². The number of hydrogen-bond acceptors (Lipinski definition) is 8. The molecule has 1 atom stereocenters. The van der Waals surface area contributed by atoms with Crippen molar-refractivity contribution in [2.24, 2.45) is 5.84 Å². The van der Waals surface area contributed by atoms with Gasteiger partial charge in [0.2, 0.25) is 5.95 Å². The molecule has 0 radical (unpaired) electrons. The molecule has 10 heteroatoms. The number of fused-ring (bicyclic) bond motifs is 1. The van der Waals surface area contributed by atoms with Crippen LogP contribution in [0.5, 0.6) is 0 Å². The Morgan fingerprint density at radius 3 is 2.90 bits per heavy atom. The minimum absolute atomic E-state index is 0.0781. The lowest BCUT2D eigenvalue weighted by Gasteiger charge is -2.25. The lowest BCUT2D eigenvalue weighted by molar-refractivity contribution is 0.572. The van der Waals surface area contributed by atoms with Gasteiger partial charge in [-0.2, -0.15) is 15.1 Å². The highest BCUT2D eigenvalue weighted by molar-refractivity contribution is 7.91. The van der Waals surface area contributed by atoms with Gasteiger partial charge >= 0.3 is 0 Å². The lowest BCUT2D eigenvalue weighted by atomic mass is 10.0. The van der Waals surface area contributed by atoms with Crippen LogP contribution in [0.4, 0.5) is 11.8 Å². The summed E-state index contributed by atoms with van der Waals surface area (Å²) in [5, 5.41) is 10.5. The van der Waals surface area contributed by atoms with Gasteiger partial charge in [0.15, 0.2) is 15.5 Å². The molecule has 0 saturated carbocycles. The summed E-state index contributed by atoms with van der Waals surface area (Å²) in [5.74, 6) is 6.33. The molecule has 2 aromatic heterocycles. The highest BCUT2D eigenvalue weighted by atomic mass is 32.2. The zero-order valence-electron chi connectivity index (χ0n) is 10.8. The lowest BCUT2D eigenvalue weighted by Crippen LogP contribution is -2.36. The Balaban J connectivity index is 2.00. The molecule has 1 aliphatic heterocycles. The maximum absolute atomic E-state index is 11.6. The predicted octanol–water partition coefficient (Wildman–Crippen LogP) is -0.372. The molecule has 5 N–H and O–H groups in total. The Morgan fingerprint density at radius 1 is 1.45 bits per heavy atom. The van der Waals surface area contributed by atoms with Gasteiger partial charge in [0, 0.05) is 0 Å². The standard InChI is InChI=1S/C10H15N7O2S/c1-10(2-3-20(18,19)5-10)15-7-6-4-12-17-8(6)14-9(13-7)16-11/h4H,2-3,5,11H2,1H3,(H3,12,13,14,15,16,17). The van der Waals surface area contributed by atoms with Gasteiger partial charge in [-0.15, -0.1) is 0 Å². The molecule has 0 aliphatic carbocycles. The minimum Gasteiger partial charge on any atom is -0.363 e. The van der Waals surface area contributed by atoms with E-state index in [2.05, 4.69) is 30.9 Å². The van der Waals surface area contributed by atoms with Crippen LogP contribution in [-0.2, 0) is 9.84 Å². The summed E-state index contributed by atoms with van der Waals surface area (Å²) in [6, 6.07) is 0. The van der Waals surface area contributed by atoms with E-state index in [-0.39, 0.29) is 17.5 Å². The number of hydrazine groups is 1. The molecule has 9 nitrogen and oxygen atoms in total. The molecule has 0 spiro atoms. The first kappa shape index (κ1) is 13.1. The van der Waals surface area contributed by atoms with E-state index in [0.717, 1.165) is 0 Å². The zero-order valence-corrected chi connectivity index (χ0v) is 11.7. The molecule has 3 heterocycles. The fraction of sp³-hybridized carbons (Fsp3) is 0.500. The van der Waals surface area contributed by atoms with Crippen LogP contribution in [0, 0.1) is 0 Å². The molecule has 1 aliphatic rings. The number of nitrogens with two attached hydrogens (primary N) is 1. The number of aromatic amines is 1. The van der Waals surface area contributed by atoms with E-state index < -0.39 is 15.4 Å². The number of anilines is 2. The van der Waals surface area contributed by atoms with Crippen LogP contribution in [0.1, 0.15) is 13.3 Å². The van der Waals surface area contributed by atoms with Crippen molar-refractivity contribution in [1.82, 2.24) is 20.2 Å². The molecular weight excluding hydrogens is 282 g/mol. The third-order valence-electron chi connectivity index (χ3n) is 3.36. The molecule has 2 aromatic rings. The van der Waals surface area contributed by atoms with Crippen molar-refractivity contribution in [2.75, 3.05) is 22.2 Å². The summed E-state index contributed by atoms with van der Waals surface area (Å²) in [6.07, 6.45) is 2.12. The van der Waals surface area contributed by atoms with Crippen molar-refractivity contribution in [2.45, 2.75) is 18.9 Å². The van der Waals surface area contributed by atoms with Crippen LogP contribution >= 0.6 is 0 Å². The average molecular weight is 297 g/mol. The average Bonchev–Trinajstić information content (AvgIpc) is 2.93. The molecule has 1 saturated heterocycles. The second-order valence-electron chi connectivity index (χ2n) is 5.20. The van der Waals surface area contributed by atoms with Crippen molar-refractivity contribution in [3.8, 4) is 0 Å². The van der Waals surface area contributed by atoms with E-state index in [1.807, 2.05) is 6.92 Å². The van der Waals surface area contributed by atoms with E-state index in [1.165, 1.54) is 0 Å². The summed E-state index contributed by atoms with van der Waals surface area (Å²) in [6.45, 7) is 1.86. The summed E-state index contributed by atoms with van der Waals surface area (Å²) in [7, 11) is -3.00. The third-order valence-corrected chi connectivity index (χ3v) is 5.27. The summed E-state index contributed by atoms with van der Waals surface area (Å²) in [4.78, 5) is 8.35. The molecule has 108 valence electrons. The summed E-state index contributed by atoms with van der Waals surface area (Å²) in [5.41, 5.74) is 2.35. The van der Waals surface area contributed by atoms with E-state index in [4.69, 9.17) is 5.84 Å². The van der Waals surface area contributed by atoms with Crippen molar-refractivity contribution < 1.29 is 8.42 Å². The molecule has 20 heavy (non-hydrogen) atoms. The van der Waals surface area contributed by atoms with Gasteiger partial charge < -0.3 is 5.32 Å². The van der Waals surface area contributed by atoms with Crippen molar-refractivity contribution in [3.05, 3.63) is 6.20 Å². The van der Waals surface area contributed by atoms with Gasteiger partial charge in [0.1, 0.15) is 5.82 Å². The SMILES string of the molecule is CC1(Nc2nc(NN)nc3[nH]ncc23)CCS(=O)(=O)C1. The number of nitrogens with zero attached hydrogens (tertiary/aromatic N) is 3. The first-order valence-corrected chi connectivity index (χ1v) is 7.89. The monoisotopic (exact) mass is 297 g/mol. The molecule has 0 amide bonds.